The van der Waals surface area contributed by atoms with Crippen LogP contribution in [0.2, 0.25) is 0 Å². The van der Waals surface area contributed by atoms with Crippen molar-refractivity contribution in [2.45, 2.75) is 26.6 Å². The summed E-state index contributed by atoms with van der Waals surface area (Å²) >= 11 is 0. The molecule has 0 spiro atoms. The van der Waals surface area contributed by atoms with Crippen molar-refractivity contribution in [2.75, 3.05) is 13.3 Å². The van der Waals surface area contributed by atoms with E-state index in [1.54, 1.807) is 6.92 Å². The van der Waals surface area contributed by atoms with Gasteiger partial charge in [-0.05, 0) is 12.8 Å². The summed E-state index contributed by atoms with van der Waals surface area (Å²) in [7, 11) is -2.78. The third-order valence-corrected chi connectivity index (χ3v) is 3.79. The molecule has 11 heavy (non-hydrogen) atoms. The average molecular weight is 180 g/mol. The maximum Gasteiger partial charge on any atom is 0.227 e. The van der Waals surface area contributed by atoms with E-state index in [2.05, 4.69) is 0 Å². The van der Waals surface area contributed by atoms with Crippen molar-refractivity contribution >= 4 is 7.37 Å². The summed E-state index contributed by atoms with van der Waals surface area (Å²) in [6.45, 7) is 7.27. The predicted molar refractivity (Wildman–Crippen MR) is 46.0 cm³/mol. The summed E-state index contributed by atoms with van der Waals surface area (Å²) in [5, 5.41) is 9.40. The molecule has 0 bridgehead atoms. The molecule has 68 valence electrons. The Morgan fingerprint density at radius 3 is 2.27 bits per heavy atom. The van der Waals surface area contributed by atoms with Crippen LogP contribution in [0.25, 0.3) is 0 Å². The fourth-order valence-corrected chi connectivity index (χ4v) is 2.62. The molecule has 0 rings (SSSR count). The zero-order valence-electron chi connectivity index (χ0n) is 7.57. The largest absolute Gasteiger partial charge is 0.383 e. The first-order chi connectivity index (χ1) is 4.91. The second kappa shape index (κ2) is 4.24. The summed E-state index contributed by atoms with van der Waals surface area (Å²) in [5.74, 6) is -0.847. The van der Waals surface area contributed by atoms with Crippen molar-refractivity contribution in [3.05, 3.63) is 0 Å². The van der Waals surface area contributed by atoms with Crippen LogP contribution in [0.1, 0.15) is 20.8 Å². The molecule has 0 aliphatic heterocycles. The van der Waals surface area contributed by atoms with Crippen molar-refractivity contribution < 1.29 is 14.2 Å². The molecular formula is C7H17O3P. The van der Waals surface area contributed by atoms with Crippen molar-refractivity contribution in [1.29, 1.82) is 0 Å². The molecule has 0 aromatic carbocycles. The highest BCUT2D eigenvalue weighted by Crippen LogP contribution is 2.49. The van der Waals surface area contributed by atoms with Gasteiger partial charge in [0.25, 0.3) is 0 Å². The van der Waals surface area contributed by atoms with Gasteiger partial charge in [0.1, 0.15) is 5.85 Å². The van der Waals surface area contributed by atoms with E-state index in [4.69, 9.17) is 4.52 Å². The molecule has 2 atom stereocenters. The molecule has 0 saturated carbocycles. The van der Waals surface area contributed by atoms with Crippen LogP contribution in [0.3, 0.4) is 0 Å². The maximum absolute atomic E-state index is 11.5. The lowest BCUT2D eigenvalue weighted by Crippen LogP contribution is -2.16. The zero-order chi connectivity index (χ0) is 9.07. The fourth-order valence-electron chi connectivity index (χ4n) is 0.874. The molecule has 0 aromatic heterocycles. The molecule has 0 fully saturated rings. The first-order valence-electron chi connectivity index (χ1n) is 3.81. The monoisotopic (exact) mass is 180 g/mol. The van der Waals surface area contributed by atoms with E-state index in [1.807, 2.05) is 13.8 Å². The lowest BCUT2D eigenvalue weighted by atomic mass is 10.2. The Labute approximate surface area is 68.2 Å². The maximum atomic E-state index is 11.5. The third kappa shape index (κ3) is 3.37. The predicted octanol–water partition coefficient (Wildman–Crippen LogP) is 1.91. The van der Waals surface area contributed by atoms with Crippen molar-refractivity contribution in [3.63, 3.8) is 0 Å². The van der Waals surface area contributed by atoms with E-state index < -0.39 is 13.2 Å². The van der Waals surface area contributed by atoms with Gasteiger partial charge in [-0.15, -0.1) is 0 Å². The van der Waals surface area contributed by atoms with Gasteiger partial charge >= 0.3 is 0 Å². The van der Waals surface area contributed by atoms with Crippen molar-refractivity contribution in [2.24, 2.45) is 5.92 Å². The quantitative estimate of drug-likeness (QED) is 0.672. The normalized spacial score (nSPS) is 19.8. The number of aliphatic hydroxyl groups is 1. The van der Waals surface area contributed by atoms with Crippen LogP contribution in [-0.2, 0) is 9.09 Å². The molecule has 0 aromatic rings. The van der Waals surface area contributed by atoms with E-state index in [1.165, 1.54) is 6.66 Å². The Balaban J connectivity index is 4.18. The Morgan fingerprint density at radius 1 is 1.55 bits per heavy atom. The Bertz CT molecular complexity index is 156. The van der Waals surface area contributed by atoms with Gasteiger partial charge in [-0.25, -0.2) is 0 Å². The zero-order valence-corrected chi connectivity index (χ0v) is 8.47. The first kappa shape index (κ1) is 11.2. The van der Waals surface area contributed by atoms with E-state index in [9.17, 15) is 9.67 Å². The lowest BCUT2D eigenvalue weighted by Gasteiger charge is -2.21. The highest BCUT2D eigenvalue weighted by Gasteiger charge is 2.28. The number of hydrogen-bond donors (Lipinski definition) is 1. The third-order valence-electron chi connectivity index (χ3n) is 1.46. The van der Waals surface area contributed by atoms with Gasteiger partial charge < -0.3 is 9.63 Å². The number of aliphatic hydroxyl groups excluding tert-OH is 1. The van der Waals surface area contributed by atoms with E-state index >= 15 is 0 Å². The van der Waals surface area contributed by atoms with Gasteiger partial charge in [-0.3, -0.25) is 4.57 Å². The Morgan fingerprint density at radius 2 is 2.00 bits per heavy atom. The summed E-state index contributed by atoms with van der Waals surface area (Å²) in [4.78, 5) is 0. The van der Waals surface area contributed by atoms with Crippen molar-refractivity contribution in [3.8, 4) is 0 Å². The van der Waals surface area contributed by atoms with Crippen LogP contribution >= 0.6 is 7.37 Å². The number of rotatable bonds is 4. The van der Waals surface area contributed by atoms with Crippen LogP contribution in [0, 0.1) is 5.92 Å². The molecule has 0 saturated heterocycles. The fraction of sp³-hybridized carbons (Fsp3) is 1.00. The molecule has 1 N–H and O–H groups in total. The van der Waals surface area contributed by atoms with E-state index in [0.717, 1.165) is 0 Å². The molecule has 0 radical (unpaired) electrons. The average Bonchev–Trinajstić information content (AvgIpc) is 1.86. The summed E-state index contributed by atoms with van der Waals surface area (Å²) in [6, 6.07) is 0. The Kier molecular flexibility index (Phi) is 4.30. The molecular weight excluding hydrogens is 163 g/mol. The molecule has 4 heteroatoms. The van der Waals surface area contributed by atoms with Crippen LogP contribution in [-0.4, -0.2) is 24.2 Å². The standard InChI is InChI=1S/C7H17O3P/c1-5-10-11(4,9)7(8)6(2)3/h6-8H,5H2,1-4H3. The van der Waals surface area contributed by atoms with E-state index in [-0.39, 0.29) is 5.92 Å². The van der Waals surface area contributed by atoms with Gasteiger partial charge in [-0.2, -0.15) is 0 Å². The number of hydrogen-bond acceptors (Lipinski definition) is 3. The summed E-state index contributed by atoms with van der Waals surface area (Å²) in [5.41, 5.74) is 0. The minimum atomic E-state index is -2.78. The van der Waals surface area contributed by atoms with Crippen LogP contribution in [0.15, 0.2) is 0 Å². The first-order valence-corrected chi connectivity index (χ1v) is 5.95. The Hall–Kier alpha value is 0.150. The van der Waals surface area contributed by atoms with Gasteiger partial charge in [0.2, 0.25) is 7.37 Å². The highest BCUT2D eigenvalue weighted by molar-refractivity contribution is 7.58. The molecule has 0 heterocycles. The molecule has 0 aliphatic carbocycles. The lowest BCUT2D eigenvalue weighted by molar-refractivity contribution is 0.172. The molecule has 0 amide bonds. The molecule has 3 nitrogen and oxygen atoms in total. The van der Waals surface area contributed by atoms with E-state index in [0.29, 0.717) is 6.61 Å². The van der Waals surface area contributed by atoms with Crippen LogP contribution < -0.4 is 0 Å². The van der Waals surface area contributed by atoms with Crippen LogP contribution in [0.4, 0.5) is 0 Å². The minimum Gasteiger partial charge on any atom is -0.383 e. The highest BCUT2D eigenvalue weighted by atomic mass is 31.2. The molecule has 2 unspecified atom stereocenters. The van der Waals surface area contributed by atoms with Gasteiger partial charge in [0, 0.05) is 6.66 Å². The minimum absolute atomic E-state index is 0.0163. The molecule has 0 aliphatic rings. The second-order valence-electron chi connectivity index (χ2n) is 2.98. The summed E-state index contributed by atoms with van der Waals surface area (Å²) in [6.07, 6.45) is 0. The van der Waals surface area contributed by atoms with Gasteiger partial charge in [0.15, 0.2) is 0 Å². The summed E-state index contributed by atoms with van der Waals surface area (Å²) < 4.78 is 16.4. The van der Waals surface area contributed by atoms with Gasteiger partial charge in [-0.1, -0.05) is 13.8 Å². The van der Waals surface area contributed by atoms with Crippen LogP contribution in [0.5, 0.6) is 0 Å². The van der Waals surface area contributed by atoms with Crippen molar-refractivity contribution in [1.82, 2.24) is 0 Å². The SMILES string of the molecule is CCOP(C)(=O)C(O)C(C)C. The second-order valence-corrected chi connectivity index (χ2v) is 5.59. The topological polar surface area (TPSA) is 46.5 Å². The smallest absolute Gasteiger partial charge is 0.227 e. The van der Waals surface area contributed by atoms with Gasteiger partial charge in [0.05, 0.1) is 6.61 Å².